The highest BCUT2D eigenvalue weighted by Gasteiger charge is 2.11. The topological polar surface area (TPSA) is 80.4 Å². The van der Waals surface area contributed by atoms with E-state index in [0.29, 0.717) is 22.7 Å². The molecule has 1 unspecified atom stereocenters. The number of hydrogen-bond donors (Lipinski definition) is 2. The third kappa shape index (κ3) is 4.20. The average Bonchev–Trinajstić information content (AvgIpc) is 3.21. The Morgan fingerprint density at radius 3 is 2.52 bits per heavy atom. The zero-order valence-corrected chi connectivity index (χ0v) is 15.8. The number of nitrogens with one attached hydrogen (secondary N) is 1. The van der Waals surface area contributed by atoms with E-state index in [-0.39, 0.29) is 6.61 Å². The maximum atomic E-state index is 12.3. The molecule has 4 aromatic rings. The number of rotatable bonds is 7. The van der Waals surface area contributed by atoms with Gasteiger partial charge >= 0.3 is 0 Å². The number of aromatic nitrogens is 2. The van der Waals surface area contributed by atoms with Gasteiger partial charge in [-0.2, -0.15) is 0 Å². The number of hydrogen-bond acceptors (Lipinski definition) is 6. The van der Waals surface area contributed by atoms with Crippen LogP contribution in [0.1, 0.15) is 0 Å². The molecule has 0 fully saturated rings. The predicted octanol–water partition coefficient (Wildman–Crippen LogP) is 4.31. The lowest BCUT2D eigenvalue weighted by Crippen LogP contribution is -2.19. The molecule has 2 aromatic heterocycles. The number of benzene rings is 2. The Balaban J connectivity index is 1.54. The summed E-state index contributed by atoms with van der Waals surface area (Å²) in [5.41, 5.74) is 4.16. The van der Waals surface area contributed by atoms with E-state index in [1.807, 2.05) is 49.6 Å². The van der Waals surface area contributed by atoms with E-state index in [1.165, 1.54) is 0 Å². The van der Waals surface area contributed by atoms with Crippen LogP contribution >= 0.6 is 0 Å². The fraction of sp³-hybridized carbons (Fsp3) is 0.182. The molecule has 29 heavy (non-hydrogen) atoms. The highest BCUT2D eigenvalue weighted by molar-refractivity contribution is 5.78. The second kappa shape index (κ2) is 8.28. The van der Waals surface area contributed by atoms with Gasteiger partial charge in [-0.25, -0.2) is 14.4 Å². The normalized spacial score (nSPS) is 12.1. The van der Waals surface area contributed by atoms with E-state index < -0.39 is 12.8 Å². The van der Waals surface area contributed by atoms with Crippen molar-refractivity contribution in [1.29, 1.82) is 0 Å². The second-order valence-corrected chi connectivity index (χ2v) is 6.53. The van der Waals surface area contributed by atoms with Gasteiger partial charge in [0, 0.05) is 30.4 Å². The van der Waals surface area contributed by atoms with E-state index in [4.69, 9.17) is 9.15 Å². The second-order valence-electron chi connectivity index (χ2n) is 6.53. The molecule has 7 heteroatoms. The van der Waals surface area contributed by atoms with Gasteiger partial charge in [-0.3, -0.25) is 0 Å². The van der Waals surface area contributed by atoms with E-state index in [0.717, 1.165) is 22.5 Å². The summed E-state index contributed by atoms with van der Waals surface area (Å²) in [6, 6.07) is 17.0. The number of ether oxygens (including phenoxy) is 1. The molecule has 0 aliphatic carbocycles. The average molecular weight is 393 g/mol. The van der Waals surface area contributed by atoms with Gasteiger partial charge < -0.3 is 19.6 Å². The van der Waals surface area contributed by atoms with Gasteiger partial charge in [0.2, 0.25) is 5.89 Å². The molecule has 4 rings (SSSR count). The molecule has 0 amide bonds. The molecule has 0 saturated carbocycles. The highest BCUT2D eigenvalue weighted by atomic mass is 19.1. The largest absolute Gasteiger partial charge is 0.491 e. The van der Waals surface area contributed by atoms with Crippen molar-refractivity contribution < 1.29 is 18.7 Å². The van der Waals surface area contributed by atoms with Gasteiger partial charge in [-0.1, -0.05) is 12.1 Å². The van der Waals surface area contributed by atoms with E-state index in [2.05, 4.69) is 15.3 Å². The van der Waals surface area contributed by atoms with Gasteiger partial charge in [-0.05, 0) is 42.0 Å². The smallest absolute Gasteiger partial charge is 0.227 e. The van der Waals surface area contributed by atoms with Crippen LogP contribution in [0.4, 0.5) is 10.2 Å². The first-order valence-corrected chi connectivity index (χ1v) is 9.18. The Morgan fingerprint density at radius 2 is 1.83 bits per heavy atom. The van der Waals surface area contributed by atoms with Crippen LogP contribution in [0.3, 0.4) is 0 Å². The number of fused-ring (bicyclic) bond motifs is 1. The van der Waals surface area contributed by atoms with Gasteiger partial charge in [0.1, 0.15) is 36.5 Å². The minimum absolute atomic E-state index is 0.116. The number of oxazole rings is 1. The van der Waals surface area contributed by atoms with E-state index in [9.17, 15) is 9.50 Å². The molecule has 0 aliphatic heterocycles. The molecule has 2 N–H and O–H groups in total. The van der Waals surface area contributed by atoms with E-state index in [1.54, 1.807) is 18.2 Å². The Bertz CT molecular complexity index is 1090. The third-order valence-electron chi connectivity index (χ3n) is 4.47. The molecule has 2 heterocycles. The maximum absolute atomic E-state index is 12.3. The molecule has 0 spiro atoms. The van der Waals surface area contributed by atoms with Crippen molar-refractivity contribution >= 4 is 16.9 Å². The first-order valence-electron chi connectivity index (χ1n) is 9.18. The number of pyridine rings is 1. The van der Waals surface area contributed by atoms with Crippen LogP contribution in [0.5, 0.6) is 5.75 Å². The van der Waals surface area contributed by atoms with Gasteiger partial charge in [0.05, 0.1) is 0 Å². The summed E-state index contributed by atoms with van der Waals surface area (Å²) < 4.78 is 23.6. The van der Waals surface area contributed by atoms with Crippen molar-refractivity contribution in [2.45, 2.75) is 6.10 Å². The Labute approximate surface area is 167 Å². The summed E-state index contributed by atoms with van der Waals surface area (Å²) in [6.07, 6.45) is 0.681. The zero-order chi connectivity index (χ0) is 20.2. The summed E-state index contributed by atoms with van der Waals surface area (Å²) in [4.78, 5) is 8.84. The van der Waals surface area contributed by atoms with Crippen LogP contribution in [0.25, 0.3) is 33.7 Å². The predicted molar refractivity (Wildman–Crippen MR) is 110 cm³/mol. The quantitative estimate of drug-likeness (QED) is 0.487. The molecule has 2 aromatic carbocycles. The summed E-state index contributed by atoms with van der Waals surface area (Å²) in [7, 11) is 1.83. The molecule has 0 aliphatic rings. The maximum Gasteiger partial charge on any atom is 0.227 e. The number of aliphatic hydroxyl groups excluding tert-OH is 1. The summed E-state index contributed by atoms with van der Waals surface area (Å²) in [5, 5.41) is 12.3. The molecule has 0 radical (unpaired) electrons. The minimum Gasteiger partial charge on any atom is -0.491 e. The zero-order valence-electron chi connectivity index (χ0n) is 15.8. The molecule has 0 bridgehead atoms. The third-order valence-corrected chi connectivity index (χ3v) is 4.47. The lowest BCUT2D eigenvalue weighted by molar-refractivity contribution is 0.0842. The summed E-state index contributed by atoms with van der Waals surface area (Å²) in [5.74, 6) is 1.80. The minimum atomic E-state index is -1.14. The van der Waals surface area contributed by atoms with Gasteiger partial charge in [0.25, 0.3) is 0 Å². The fourth-order valence-electron chi connectivity index (χ4n) is 2.87. The number of aliphatic hydroxyl groups is 1. The Morgan fingerprint density at radius 1 is 1.07 bits per heavy atom. The van der Waals surface area contributed by atoms with Crippen molar-refractivity contribution in [2.24, 2.45) is 0 Å². The molecule has 6 nitrogen and oxygen atoms in total. The monoisotopic (exact) mass is 393 g/mol. The Kier molecular flexibility index (Phi) is 5.39. The van der Waals surface area contributed by atoms with Crippen molar-refractivity contribution in [1.82, 2.24) is 9.97 Å². The molecule has 0 saturated heterocycles. The summed E-state index contributed by atoms with van der Waals surface area (Å²) >= 11 is 0. The van der Waals surface area contributed by atoms with E-state index >= 15 is 0 Å². The van der Waals surface area contributed by atoms with Crippen LogP contribution < -0.4 is 10.1 Å². The lowest BCUT2D eigenvalue weighted by Gasteiger charge is -2.08. The molecule has 1 atom stereocenters. The number of alkyl halides is 1. The Hall–Kier alpha value is -3.45. The standard InChI is InChI=1S/C22H20FN3O3/c1-24-21-9-6-16(12-25-21)14-2-4-15(5-3-14)22-26-19-8-7-18(10-20(19)29-22)28-13-17(27)11-23/h2-10,12,17,27H,11,13H2,1H3,(H,24,25). The van der Waals surface area contributed by atoms with Gasteiger partial charge in [0.15, 0.2) is 5.58 Å². The van der Waals surface area contributed by atoms with Gasteiger partial charge in [-0.15, -0.1) is 0 Å². The number of anilines is 1. The van der Waals surface area contributed by atoms with Crippen molar-refractivity contribution in [2.75, 3.05) is 25.6 Å². The fourth-order valence-corrected chi connectivity index (χ4v) is 2.87. The molecular weight excluding hydrogens is 373 g/mol. The molecule has 148 valence electrons. The van der Waals surface area contributed by atoms with Crippen molar-refractivity contribution in [3.8, 4) is 28.3 Å². The first-order chi connectivity index (χ1) is 14.2. The van der Waals surface area contributed by atoms with Crippen molar-refractivity contribution in [3.63, 3.8) is 0 Å². The lowest BCUT2D eigenvalue weighted by atomic mass is 10.1. The number of nitrogens with zero attached hydrogens (tertiary/aromatic N) is 2. The van der Waals surface area contributed by atoms with Crippen LogP contribution in [0, 0.1) is 0 Å². The summed E-state index contributed by atoms with van der Waals surface area (Å²) in [6.45, 7) is -0.963. The number of halogens is 1. The van der Waals surface area contributed by atoms with Crippen molar-refractivity contribution in [3.05, 3.63) is 60.8 Å². The van der Waals surface area contributed by atoms with Crippen LogP contribution in [0.15, 0.2) is 65.2 Å². The SMILES string of the molecule is CNc1ccc(-c2ccc(-c3nc4ccc(OCC(O)CF)cc4o3)cc2)cn1. The van der Waals surface area contributed by atoms with Crippen LogP contribution in [-0.2, 0) is 0 Å². The van der Waals surface area contributed by atoms with Crippen LogP contribution in [0.2, 0.25) is 0 Å². The molecular formula is C22H20FN3O3. The highest BCUT2D eigenvalue weighted by Crippen LogP contribution is 2.29. The van der Waals surface area contributed by atoms with Crippen LogP contribution in [-0.4, -0.2) is 41.5 Å². The first kappa shape index (κ1) is 18.9.